The Hall–Kier alpha value is -3.16. The van der Waals surface area contributed by atoms with Gasteiger partial charge in [-0.25, -0.2) is 4.39 Å². The van der Waals surface area contributed by atoms with Crippen molar-refractivity contribution in [3.8, 4) is 11.5 Å². The van der Waals surface area contributed by atoms with E-state index in [1.807, 2.05) is 0 Å². The first-order valence-electron chi connectivity index (χ1n) is 7.83. The first-order valence-corrected chi connectivity index (χ1v) is 8.59. The quantitative estimate of drug-likeness (QED) is 0.627. The van der Waals surface area contributed by atoms with Crippen molar-refractivity contribution in [1.29, 1.82) is 0 Å². The average molecular weight is 420 g/mol. The molecule has 0 aliphatic heterocycles. The van der Waals surface area contributed by atoms with Gasteiger partial charge >= 0.3 is 0 Å². The van der Waals surface area contributed by atoms with Gasteiger partial charge in [0.2, 0.25) is 0 Å². The summed E-state index contributed by atoms with van der Waals surface area (Å²) in [5.41, 5.74) is 5.47. The molecule has 3 aromatic rings. The van der Waals surface area contributed by atoms with E-state index < -0.39 is 17.6 Å². The maximum absolute atomic E-state index is 13.1. The maximum atomic E-state index is 13.1. The number of halogens is 3. The minimum absolute atomic E-state index is 0.00725. The molecule has 142 valence electrons. The first kappa shape index (κ1) is 19.6. The van der Waals surface area contributed by atoms with Crippen molar-refractivity contribution >= 4 is 40.7 Å². The van der Waals surface area contributed by atoms with Gasteiger partial charge in [0, 0.05) is 23.0 Å². The minimum Gasteiger partial charge on any atom is -0.456 e. The van der Waals surface area contributed by atoms with Crippen molar-refractivity contribution in [1.82, 2.24) is 4.98 Å². The zero-order chi connectivity index (χ0) is 20.3. The Morgan fingerprint density at radius 3 is 2.46 bits per heavy atom. The number of hydrogen-bond acceptors (Lipinski definition) is 4. The molecule has 2 amide bonds. The highest BCUT2D eigenvalue weighted by atomic mass is 35.5. The Kier molecular flexibility index (Phi) is 5.77. The second-order valence-electron chi connectivity index (χ2n) is 5.56. The summed E-state index contributed by atoms with van der Waals surface area (Å²) >= 11 is 12.2. The lowest BCUT2D eigenvalue weighted by atomic mass is 10.1. The molecule has 0 bridgehead atoms. The number of benzene rings is 2. The molecule has 0 atom stereocenters. The minimum atomic E-state index is -0.735. The summed E-state index contributed by atoms with van der Waals surface area (Å²) in [5.74, 6) is -1.42. The van der Waals surface area contributed by atoms with Gasteiger partial charge in [-0.1, -0.05) is 23.2 Å². The van der Waals surface area contributed by atoms with Crippen molar-refractivity contribution in [2.24, 2.45) is 5.73 Å². The molecular formula is C19H12Cl2FN3O3. The Balaban J connectivity index is 1.94. The van der Waals surface area contributed by atoms with E-state index in [1.54, 1.807) is 0 Å². The number of anilines is 1. The first-order chi connectivity index (χ1) is 13.3. The topological polar surface area (TPSA) is 94.3 Å². The third-order valence-corrected chi connectivity index (χ3v) is 4.07. The normalized spacial score (nSPS) is 10.4. The Morgan fingerprint density at radius 1 is 1.07 bits per heavy atom. The number of carbonyl (C=O) groups excluding carboxylic acids is 2. The third-order valence-electron chi connectivity index (χ3n) is 3.56. The van der Waals surface area contributed by atoms with Gasteiger partial charge in [-0.05, 0) is 42.5 Å². The molecule has 9 heteroatoms. The molecule has 0 spiro atoms. The molecule has 0 fully saturated rings. The average Bonchev–Trinajstić information content (AvgIpc) is 2.63. The summed E-state index contributed by atoms with van der Waals surface area (Å²) in [6.45, 7) is 0. The van der Waals surface area contributed by atoms with Gasteiger partial charge in [0.1, 0.15) is 28.6 Å². The van der Waals surface area contributed by atoms with Gasteiger partial charge in [0.15, 0.2) is 0 Å². The Morgan fingerprint density at radius 2 is 1.79 bits per heavy atom. The number of pyridine rings is 1. The second kappa shape index (κ2) is 8.24. The van der Waals surface area contributed by atoms with Gasteiger partial charge in [-0.2, -0.15) is 0 Å². The van der Waals surface area contributed by atoms with Gasteiger partial charge in [0.25, 0.3) is 11.8 Å². The van der Waals surface area contributed by atoms with Crippen molar-refractivity contribution in [3.63, 3.8) is 0 Å². The summed E-state index contributed by atoms with van der Waals surface area (Å²) in [5, 5.41) is 2.89. The third kappa shape index (κ3) is 4.57. The highest BCUT2D eigenvalue weighted by Crippen LogP contribution is 2.34. The van der Waals surface area contributed by atoms with Crippen LogP contribution in [0.3, 0.4) is 0 Å². The predicted octanol–water partition coefficient (Wildman–Crippen LogP) is 4.67. The second-order valence-corrected chi connectivity index (χ2v) is 6.41. The van der Waals surface area contributed by atoms with E-state index in [-0.39, 0.29) is 38.5 Å². The maximum Gasteiger partial charge on any atom is 0.267 e. The number of ether oxygens (including phenoxy) is 1. The molecule has 0 radical (unpaired) electrons. The van der Waals surface area contributed by atoms with E-state index in [1.165, 1.54) is 54.7 Å². The molecule has 1 heterocycles. The van der Waals surface area contributed by atoms with E-state index in [2.05, 4.69) is 10.3 Å². The van der Waals surface area contributed by atoms with Gasteiger partial charge < -0.3 is 15.8 Å². The lowest BCUT2D eigenvalue weighted by Crippen LogP contribution is -2.16. The number of amides is 2. The van der Waals surface area contributed by atoms with E-state index in [9.17, 15) is 14.0 Å². The van der Waals surface area contributed by atoms with Gasteiger partial charge in [-0.3, -0.25) is 14.6 Å². The fraction of sp³-hybridized carbons (Fsp3) is 0. The van der Waals surface area contributed by atoms with Crippen LogP contribution >= 0.6 is 23.2 Å². The Labute approximate surface area is 169 Å². The molecule has 0 saturated carbocycles. The van der Waals surface area contributed by atoms with Crippen LogP contribution in [0.2, 0.25) is 10.0 Å². The lowest BCUT2D eigenvalue weighted by molar-refractivity contribution is 0.0991. The predicted molar refractivity (Wildman–Crippen MR) is 104 cm³/mol. The van der Waals surface area contributed by atoms with Gasteiger partial charge in [0.05, 0.1) is 5.02 Å². The zero-order valence-electron chi connectivity index (χ0n) is 14.1. The number of primary amides is 1. The standard InChI is InChI=1S/C19H12Cl2FN3O3/c20-10-7-14(21)17(16(8-10)28-13-3-1-11(22)2-4-13)19(27)25-12-5-6-24-15(9-12)18(23)26/h1-9H,(H2,23,26)(H,24,25,27). The molecular weight excluding hydrogens is 408 g/mol. The van der Waals surface area contributed by atoms with Crippen LogP contribution in [0.15, 0.2) is 54.7 Å². The highest BCUT2D eigenvalue weighted by Gasteiger charge is 2.20. The largest absolute Gasteiger partial charge is 0.456 e. The highest BCUT2D eigenvalue weighted by molar-refractivity contribution is 6.37. The van der Waals surface area contributed by atoms with Crippen LogP contribution in [0.5, 0.6) is 11.5 Å². The van der Waals surface area contributed by atoms with Crippen LogP contribution in [0.4, 0.5) is 10.1 Å². The van der Waals surface area contributed by atoms with Crippen molar-refractivity contribution in [3.05, 3.63) is 81.8 Å². The van der Waals surface area contributed by atoms with Crippen LogP contribution in [-0.4, -0.2) is 16.8 Å². The summed E-state index contributed by atoms with van der Waals surface area (Å²) in [4.78, 5) is 27.8. The number of rotatable bonds is 5. The number of carbonyl (C=O) groups is 2. The smallest absolute Gasteiger partial charge is 0.267 e. The lowest BCUT2D eigenvalue weighted by Gasteiger charge is -2.14. The van der Waals surface area contributed by atoms with E-state index >= 15 is 0 Å². The van der Waals surface area contributed by atoms with Crippen molar-refractivity contribution in [2.45, 2.75) is 0 Å². The number of aromatic nitrogens is 1. The Bertz CT molecular complexity index is 1060. The van der Waals surface area contributed by atoms with Crippen LogP contribution in [0, 0.1) is 5.82 Å². The zero-order valence-corrected chi connectivity index (χ0v) is 15.6. The molecule has 3 rings (SSSR count). The fourth-order valence-electron chi connectivity index (χ4n) is 2.32. The van der Waals surface area contributed by atoms with E-state index in [0.717, 1.165) is 0 Å². The van der Waals surface area contributed by atoms with E-state index in [0.29, 0.717) is 0 Å². The fourth-order valence-corrected chi connectivity index (χ4v) is 2.88. The number of hydrogen-bond donors (Lipinski definition) is 2. The van der Waals surface area contributed by atoms with Crippen LogP contribution < -0.4 is 15.8 Å². The summed E-state index contributed by atoms with van der Waals surface area (Å²) in [6, 6.07) is 10.8. The summed E-state index contributed by atoms with van der Waals surface area (Å²) < 4.78 is 18.8. The van der Waals surface area contributed by atoms with Gasteiger partial charge in [-0.15, -0.1) is 0 Å². The molecule has 0 aliphatic rings. The number of nitrogens with two attached hydrogens (primary N) is 1. The molecule has 0 unspecified atom stereocenters. The monoisotopic (exact) mass is 419 g/mol. The SMILES string of the molecule is NC(=O)c1cc(NC(=O)c2c(Cl)cc(Cl)cc2Oc2ccc(F)cc2)ccn1. The molecule has 3 N–H and O–H groups in total. The van der Waals surface area contributed by atoms with Crippen LogP contribution in [0.1, 0.15) is 20.8 Å². The number of nitrogens with zero attached hydrogens (tertiary/aromatic N) is 1. The van der Waals surface area contributed by atoms with E-state index in [4.69, 9.17) is 33.7 Å². The van der Waals surface area contributed by atoms with Crippen molar-refractivity contribution < 1.29 is 18.7 Å². The molecule has 0 aliphatic carbocycles. The molecule has 2 aromatic carbocycles. The molecule has 6 nitrogen and oxygen atoms in total. The number of nitrogens with one attached hydrogen (secondary N) is 1. The molecule has 1 aromatic heterocycles. The molecule has 0 saturated heterocycles. The summed E-state index contributed by atoms with van der Waals surface area (Å²) in [6.07, 6.45) is 1.33. The van der Waals surface area contributed by atoms with Crippen LogP contribution in [0.25, 0.3) is 0 Å². The summed E-state index contributed by atoms with van der Waals surface area (Å²) in [7, 11) is 0. The van der Waals surface area contributed by atoms with Crippen molar-refractivity contribution in [2.75, 3.05) is 5.32 Å². The van der Waals surface area contributed by atoms with Crippen LogP contribution in [-0.2, 0) is 0 Å². The molecule has 28 heavy (non-hydrogen) atoms.